The highest BCUT2D eigenvalue weighted by molar-refractivity contribution is 7.99. The zero-order chi connectivity index (χ0) is 44.6. The SMILES string of the molecule is O=C(NS(=O)(=O)c1ccc(N[C@H](CCN(CC2CC2)C2CC2)CSc2ccccc2)c(S(=O)(=O)C(F)(F)F)c1)c1ccc(NCCNCC2=C(c3ccc(Cl)cc3)CCCC2)cc1. The number of halogens is 4. The number of rotatable bonds is 22. The molecule has 0 aliphatic heterocycles. The molecule has 4 N–H and O–H groups in total. The molecule has 0 bridgehead atoms. The summed E-state index contributed by atoms with van der Waals surface area (Å²) in [6.07, 6.45) is 9.42. The molecule has 0 heterocycles. The Hall–Kier alpha value is -4.06. The topological polar surface area (TPSA) is 137 Å². The van der Waals surface area contributed by atoms with Crippen LogP contribution in [0.5, 0.6) is 0 Å². The maximum Gasteiger partial charge on any atom is 0.501 e. The number of amides is 1. The number of nitrogens with one attached hydrogen (secondary N) is 4. The van der Waals surface area contributed by atoms with Gasteiger partial charge in [0.05, 0.1) is 10.6 Å². The summed E-state index contributed by atoms with van der Waals surface area (Å²) in [5.74, 6) is 0.0194. The molecule has 1 amide bonds. The molecule has 10 nitrogen and oxygen atoms in total. The van der Waals surface area contributed by atoms with Crippen LogP contribution in [0.1, 0.15) is 73.7 Å². The molecular formula is C46H53ClF3N5O5S3. The van der Waals surface area contributed by atoms with Crippen molar-refractivity contribution in [2.75, 3.05) is 49.1 Å². The average Bonchev–Trinajstić information content (AvgIpc) is 4.21. The first-order valence-corrected chi connectivity index (χ1v) is 25.7. The summed E-state index contributed by atoms with van der Waals surface area (Å²) in [5, 5.41) is 10.5. The van der Waals surface area contributed by atoms with E-state index in [9.17, 15) is 34.8 Å². The zero-order valence-electron chi connectivity index (χ0n) is 34.8. The molecule has 3 aliphatic rings. The predicted octanol–water partition coefficient (Wildman–Crippen LogP) is 9.62. The van der Waals surface area contributed by atoms with Gasteiger partial charge in [0.25, 0.3) is 25.8 Å². The molecule has 0 unspecified atom stereocenters. The van der Waals surface area contributed by atoms with Crippen LogP contribution in [-0.4, -0.2) is 83.7 Å². The van der Waals surface area contributed by atoms with E-state index in [0.717, 1.165) is 68.6 Å². The van der Waals surface area contributed by atoms with Gasteiger partial charge in [-0.15, -0.1) is 11.8 Å². The minimum Gasteiger partial charge on any atom is -0.384 e. The average molecular weight is 945 g/mol. The standard InChI is InChI=1S/C46H53ClF3N5O5S3/c47-36-16-12-33(13-17-36)42-9-5-4-6-35(42)29-51-25-26-52-37-18-14-34(15-19-37)45(56)54-63(59,60)41-22-23-43(44(28-41)62(57,58)46(48,49)50)53-38(31-61-40-7-2-1-3-8-40)24-27-55(39-20-21-39)30-32-10-11-32/h1-3,7-8,12-19,22-23,28,32,38-39,51-53H,4-6,9-11,20-21,24-27,29-31H2,(H,54,56)/t38-/m1/s1. The molecule has 2 saturated carbocycles. The molecule has 17 heteroatoms. The Kier molecular flexibility index (Phi) is 15.5. The van der Waals surface area contributed by atoms with Gasteiger partial charge >= 0.3 is 5.51 Å². The van der Waals surface area contributed by atoms with Gasteiger partial charge in [-0.05, 0) is 142 Å². The van der Waals surface area contributed by atoms with E-state index in [1.165, 1.54) is 53.4 Å². The van der Waals surface area contributed by atoms with Crippen molar-refractivity contribution in [2.24, 2.45) is 5.92 Å². The highest BCUT2D eigenvalue weighted by Crippen LogP contribution is 2.38. The third kappa shape index (κ3) is 13.0. The van der Waals surface area contributed by atoms with Crippen LogP contribution in [0.15, 0.2) is 117 Å². The minimum atomic E-state index is -6.04. The van der Waals surface area contributed by atoms with Crippen molar-refractivity contribution in [3.8, 4) is 0 Å². The van der Waals surface area contributed by atoms with E-state index >= 15 is 0 Å². The van der Waals surface area contributed by atoms with Gasteiger partial charge in [0.2, 0.25) is 0 Å². The molecule has 0 radical (unpaired) electrons. The summed E-state index contributed by atoms with van der Waals surface area (Å²) in [6, 6.07) is 26.0. The number of anilines is 2. The monoisotopic (exact) mass is 943 g/mol. The number of hydrogen-bond donors (Lipinski definition) is 4. The van der Waals surface area contributed by atoms with E-state index in [2.05, 4.69) is 33.0 Å². The van der Waals surface area contributed by atoms with Gasteiger partial charge in [-0.25, -0.2) is 21.6 Å². The van der Waals surface area contributed by atoms with Crippen molar-refractivity contribution in [1.82, 2.24) is 14.9 Å². The van der Waals surface area contributed by atoms with Crippen LogP contribution in [0.3, 0.4) is 0 Å². The molecule has 7 rings (SSSR count). The summed E-state index contributed by atoms with van der Waals surface area (Å²) < 4.78 is 97.6. The Morgan fingerprint density at radius 1 is 0.857 bits per heavy atom. The van der Waals surface area contributed by atoms with Crippen LogP contribution in [0.2, 0.25) is 5.02 Å². The first-order valence-electron chi connectivity index (χ1n) is 21.4. The number of alkyl halides is 3. The summed E-state index contributed by atoms with van der Waals surface area (Å²) in [6.45, 7) is 3.62. The third-order valence-corrected chi connectivity index (χ3v) is 15.8. The maximum atomic E-state index is 14.2. The van der Waals surface area contributed by atoms with E-state index in [1.54, 1.807) is 12.1 Å². The normalized spacial score (nSPS) is 16.5. The van der Waals surface area contributed by atoms with Gasteiger partial charge in [0.15, 0.2) is 0 Å². The fraction of sp³-hybridized carbons (Fsp3) is 0.413. The smallest absolute Gasteiger partial charge is 0.384 e. The molecular weight excluding hydrogens is 891 g/mol. The first kappa shape index (κ1) is 46.9. The van der Waals surface area contributed by atoms with Crippen LogP contribution < -0.4 is 20.7 Å². The fourth-order valence-electron chi connectivity index (χ4n) is 7.76. The second-order valence-electron chi connectivity index (χ2n) is 16.4. The number of carbonyl (C=O) groups is 1. The molecule has 0 spiro atoms. The van der Waals surface area contributed by atoms with Crippen molar-refractivity contribution in [2.45, 2.75) is 90.1 Å². The number of sulfone groups is 1. The molecule has 0 saturated heterocycles. The van der Waals surface area contributed by atoms with Crippen molar-refractivity contribution < 1.29 is 34.8 Å². The van der Waals surface area contributed by atoms with Gasteiger partial charge in [0.1, 0.15) is 4.90 Å². The van der Waals surface area contributed by atoms with Crippen LogP contribution in [0.25, 0.3) is 5.57 Å². The van der Waals surface area contributed by atoms with E-state index in [-0.39, 0.29) is 11.3 Å². The van der Waals surface area contributed by atoms with Crippen molar-refractivity contribution in [3.63, 3.8) is 0 Å². The zero-order valence-corrected chi connectivity index (χ0v) is 38.0. The Labute approximate surface area is 377 Å². The van der Waals surface area contributed by atoms with Crippen molar-refractivity contribution in [1.29, 1.82) is 0 Å². The van der Waals surface area contributed by atoms with Crippen LogP contribution in [0.4, 0.5) is 24.5 Å². The number of sulfonamides is 1. The molecule has 0 aromatic heterocycles. The summed E-state index contributed by atoms with van der Waals surface area (Å²) in [4.78, 5) is 14.5. The Morgan fingerprint density at radius 2 is 1.57 bits per heavy atom. The quantitative estimate of drug-likeness (QED) is 0.0446. The Balaban J connectivity index is 0.992. The number of hydrogen-bond acceptors (Lipinski definition) is 10. The van der Waals surface area contributed by atoms with Gasteiger partial charge in [-0.2, -0.15) is 13.2 Å². The maximum absolute atomic E-state index is 14.2. The van der Waals surface area contributed by atoms with Gasteiger partial charge in [0, 0.05) is 71.7 Å². The van der Waals surface area contributed by atoms with E-state index < -0.39 is 47.1 Å². The fourth-order valence-corrected chi connectivity index (χ4v) is 10.9. The number of nitrogens with zero attached hydrogens (tertiary/aromatic N) is 1. The van der Waals surface area contributed by atoms with Crippen molar-refractivity contribution >= 4 is 66.1 Å². The summed E-state index contributed by atoms with van der Waals surface area (Å²) in [7, 11) is -10.9. The lowest BCUT2D eigenvalue weighted by atomic mass is 9.87. The van der Waals surface area contributed by atoms with Crippen LogP contribution >= 0.6 is 23.4 Å². The molecule has 4 aromatic carbocycles. The molecule has 2 fully saturated rings. The largest absolute Gasteiger partial charge is 0.501 e. The van der Waals surface area contributed by atoms with Gasteiger partial charge < -0.3 is 20.9 Å². The lowest BCUT2D eigenvalue weighted by Crippen LogP contribution is -2.35. The lowest BCUT2D eigenvalue weighted by molar-refractivity contribution is -0.0435. The molecule has 3 aliphatic carbocycles. The predicted molar refractivity (Wildman–Crippen MR) is 245 cm³/mol. The third-order valence-electron chi connectivity index (χ3n) is 11.5. The Bertz CT molecular complexity index is 2450. The molecule has 4 aromatic rings. The second-order valence-corrected chi connectivity index (χ2v) is 21.6. The molecule has 63 heavy (non-hydrogen) atoms. The molecule has 338 valence electrons. The number of benzene rings is 4. The highest BCUT2D eigenvalue weighted by atomic mass is 35.5. The number of thioether (sulfide) groups is 1. The summed E-state index contributed by atoms with van der Waals surface area (Å²) >= 11 is 7.58. The van der Waals surface area contributed by atoms with E-state index in [4.69, 9.17) is 11.6 Å². The van der Waals surface area contributed by atoms with Crippen LogP contribution in [-0.2, 0) is 19.9 Å². The number of allylic oxidation sites excluding steroid dienone is 1. The summed E-state index contributed by atoms with van der Waals surface area (Å²) in [5.41, 5.74) is -1.50. The van der Waals surface area contributed by atoms with Crippen LogP contribution in [0, 0.1) is 5.92 Å². The highest BCUT2D eigenvalue weighted by Gasteiger charge is 2.48. The minimum absolute atomic E-state index is 0.0247. The second kappa shape index (κ2) is 20.8. The Morgan fingerprint density at radius 3 is 2.25 bits per heavy atom. The molecule has 1 atom stereocenters. The van der Waals surface area contributed by atoms with Gasteiger partial charge in [-0.3, -0.25) is 4.79 Å². The van der Waals surface area contributed by atoms with E-state index in [0.29, 0.717) is 60.5 Å². The lowest BCUT2D eigenvalue weighted by Gasteiger charge is -2.27. The number of carbonyl (C=O) groups excluding carboxylic acids is 1. The van der Waals surface area contributed by atoms with Gasteiger partial charge in [-0.1, -0.05) is 47.5 Å². The van der Waals surface area contributed by atoms with Crippen molar-refractivity contribution in [3.05, 3.63) is 119 Å². The first-order chi connectivity index (χ1) is 30.2. The van der Waals surface area contributed by atoms with E-state index in [1.807, 2.05) is 47.2 Å².